The minimum absolute atomic E-state index is 0.230. The summed E-state index contributed by atoms with van der Waals surface area (Å²) in [6, 6.07) is 12.5. The van der Waals surface area contributed by atoms with Crippen molar-refractivity contribution in [3.63, 3.8) is 0 Å². The van der Waals surface area contributed by atoms with Crippen molar-refractivity contribution in [2.45, 2.75) is 18.9 Å². The highest BCUT2D eigenvalue weighted by atomic mass is 16.2. The van der Waals surface area contributed by atoms with Gasteiger partial charge < -0.3 is 10.6 Å². The van der Waals surface area contributed by atoms with Gasteiger partial charge in [-0.05, 0) is 37.1 Å². The van der Waals surface area contributed by atoms with Gasteiger partial charge in [-0.1, -0.05) is 18.2 Å². The summed E-state index contributed by atoms with van der Waals surface area (Å²) in [5.74, 6) is -0.490. The van der Waals surface area contributed by atoms with E-state index in [9.17, 15) is 9.59 Å². The van der Waals surface area contributed by atoms with Crippen LogP contribution in [0.1, 0.15) is 33.7 Å². The second kappa shape index (κ2) is 5.75. The number of para-hydroxylation sites is 1. The highest BCUT2D eigenvalue weighted by Crippen LogP contribution is 2.19. The smallest absolute Gasteiger partial charge is 0.270 e. The summed E-state index contributed by atoms with van der Waals surface area (Å²) in [5.41, 5.74) is 1.39. The van der Waals surface area contributed by atoms with Gasteiger partial charge in [-0.25, -0.2) is 0 Å². The molecular weight excluding hydrogens is 266 g/mol. The van der Waals surface area contributed by atoms with E-state index in [4.69, 9.17) is 0 Å². The Bertz CT molecular complexity index is 666. The van der Waals surface area contributed by atoms with Crippen LogP contribution in [-0.4, -0.2) is 22.8 Å². The molecule has 1 aliphatic carbocycles. The zero-order valence-electron chi connectivity index (χ0n) is 11.4. The molecule has 1 heterocycles. The molecule has 1 aromatic heterocycles. The van der Waals surface area contributed by atoms with Gasteiger partial charge in [0.25, 0.3) is 11.8 Å². The van der Waals surface area contributed by atoms with Crippen molar-refractivity contribution in [3.8, 4) is 0 Å². The molecule has 1 aromatic carbocycles. The van der Waals surface area contributed by atoms with E-state index in [-0.39, 0.29) is 23.6 Å². The molecule has 1 aliphatic rings. The van der Waals surface area contributed by atoms with Crippen molar-refractivity contribution in [2.24, 2.45) is 0 Å². The number of hydrogen-bond donors (Lipinski definition) is 2. The quantitative estimate of drug-likeness (QED) is 0.902. The second-order valence-electron chi connectivity index (χ2n) is 5.00. The zero-order valence-corrected chi connectivity index (χ0v) is 11.4. The summed E-state index contributed by atoms with van der Waals surface area (Å²) >= 11 is 0. The van der Waals surface area contributed by atoms with E-state index in [1.54, 1.807) is 18.2 Å². The fraction of sp³-hybridized carbons (Fsp3) is 0.188. The molecule has 0 spiro atoms. The molecule has 0 atom stereocenters. The molecule has 21 heavy (non-hydrogen) atoms. The highest BCUT2D eigenvalue weighted by Gasteiger charge is 2.24. The van der Waals surface area contributed by atoms with Gasteiger partial charge >= 0.3 is 0 Å². The number of carbonyl (C=O) groups excluding carboxylic acids is 2. The Morgan fingerprint density at radius 3 is 2.52 bits per heavy atom. The summed E-state index contributed by atoms with van der Waals surface area (Å²) in [4.78, 5) is 28.1. The SMILES string of the molecule is O=C(Nc1ccccc1)c1ccnc(C(=O)NC2CC2)c1. The standard InChI is InChI=1S/C16H15N3O2/c20-15(18-12-4-2-1-3-5-12)11-8-9-17-14(10-11)16(21)19-13-6-7-13/h1-5,8-10,13H,6-7H2,(H,18,20)(H,19,21). The van der Waals surface area contributed by atoms with E-state index in [1.807, 2.05) is 18.2 Å². The third-order valence-electron chi connectivity index (χ3n) is 3.20. The minimum Gasteiger partial charge on any atom is -0.348 e. The van der Waals surface area contributed by atoms with Gasteiger partial charge in [-0.3, -0.25) is 14.6 Å². The highest BCUT2D eigenvalue weighted by molar-refractivity contribution is 6.05. The Morgan fingerprint density at radius 1 is 1.05 bits per heavy atom. The van der Waals surface area contributed by atoms with Gasteiger partial charge in [-0.15, -0.1) is 0 Å². The van der Waals surface area contributed by atoms with Crippen LogP contribution in [0.15, 0.2) is 48.7 Å². The van der Waals surface area contributed by atoms with E-state index in [1.165, 1.54) is 12.3 Å². The molecule has 3 rings (SSSR count). The predicted octanol–water partition coefficient (Wildman–Crippen LogP) is 2.23. The molecular formula is C16H15N3O2. The molecule has 106 valence electrons. The van der Waals surface area contributed by atoms with Crippen molar-refractivity contribution >= 4 is 17.5 Å². The first-order chi connectivity index (χ1) is 10.2. The number of benzene rings is 1. The predicted molar refractivity (Wildman–Crippen MR) is 79.1 cm³/mol. The van der Waals surface area contributed by atoms with E-state index >= 15 is 0 Å². The number of hydrogen-bond acceptors (Lipinski definition) is 3. The Labute approximate surface area is 122 Å². The summed E-state index contributed by atoms with van der Waals surface area (Å²) < 4.78 is 0. The van der Waals surface area contributed by atoms with Gasteiger partial charge in [-0.2, -0.15) is 0 Å². The van der Waals surface area contributed by atoms with Crippen LogP contribution >= 0.6 is 0 Å². The van der Waals surface area contributed by atoms with Crippen molar-refractivity contribution in [1.82, 2.24) is 10.3 Å². The molecule has 5 heteroatoms. The van der Waals surface area contributed by atoms with Crippen LogP contribution < -0.4 is 10.6 Å². The molecule has 0 unspecified atom stereocenters. The number of anilines is 1. The van der Waals surface area contributed by atoms with Crippen LogP contribution in [0.2, 0.25) is 0 Å². The average molecular weight is 281 g/mol. The Hall–Kier alpha value is -2.69. The summed E-state index contributed by atoms with van der Waals surface area (Å²) in [6.45, 7) is 0. The topological polar surface area (TPSA) is 71.1 Å². The monoisotopic (exact) mass is 281 g/mol. The maximum Gasteiger partial charge on any atom is 0.270 e. The van der Waals surface area contributed by atoms with Crippen LogP contribution in [0, 0.1) is 0 Å². The molecule has 2 N–H and O–H groups in total. The third-order valence-corrected chi connectivity index (χ3v) is 3.20. The van der Waals surface area contributed by atoms with E-state index < -0.39 is 0 Å². The van der Waals surface area contributed by atoms with Crippen LogP contribution in [0.3, 0.4) is 0 Å². The van der Waals surface area contributed by atoms with Crippen LogP contribution in [0.4, 0.5) is 5.69 Å². The minimum atomic E-state index is -0.260. The number of nitrogens with zero attached hydrogens (tertiary/aromatic N) is 1. The zero-order chi connectivity index (χ0) is 14.7. The summed E-state index contributed by atoms with van der Waals surface area (Å²) in [7, 11) is 0. The summed E-state index contributed by atoms with van der Waals surface area (Å²) in [6.07, 6.45) is 3.50. The maximum atomic E-state index is 12.2. The van der Waals surface area contributed by atoms with Crippen LogP contribution in [0.5, 0.6) is 0 Å². The molecule has 2 amide bonds. The Balaban J connectivity index is 1.72. The van der Waals surface area contributed by atoms with Crippen LogP contribution in [-0.2, 0) is 0 Å². The lowest BCUT2D eigenvalue weighted by Gasteiger charge is -2.06. The van der Waals surface area contributed by atoms with Crippen LogP contribution in [0.25, 0.3) is 0 Å². The number of rotatable bonds is 4. The normalized spacial score (nSPS) is 13.5. The first-order valence-corrected chi connectivity index (χ1v) is 6.86. The fourth-order valence-corrected chi connectivity index (χ4v) is 1.91. The number of amides is 2. The fourth-order valence-electron chi connectivity index (χ4n) is 1.91. The van der Waals surface area contributed by atoms with Gasteiger partial charge in [0.1, 0.15) is 5.69 Å². The molecule has 1 saturated carbocycles. The van der Waals surface area contributed by atoms with E-state index in [0.717, 1.165) is 12.8 Å². The number of carbonyl (C=O) groups is 2. The van der Waals surface area contributed by atoms with Gasteiger partial charge in [0.2, 0.25) is 0 Å². The molecule has 5 nitrogen and oxygen atoms in total. The van der Waals surface area contributed by atoms with Crippen molar-refractivity contribution < 1.29 is 9.59 Å². The van der Waals surface area contributed by atoms with E-state index in [2.05, 4.69) is 15.6 Å². The molecule has 0 radical (unpaired) electrons. The van der Waals surface area contributed by atoms with Gasteiger partial charge in [0.15, 0.2) is 0 Å². The number of aromatic nitrogens is 1. The number of nitrogens with one attached hydrogen (secondary N) is 2. The molecule has 1 fully saturated rings. The van der Waals surface area contributed by atoms with Gasteiger partial charge in [0.05, 0.1) is 0 Å². The largest absolute Gasteiger partial charge is 0.348 e. The molecule has 0 aliphatic heterocycles. The van der Waals surface area contributed by atoms with Crippen molar-refractivity contribution in [2.75, 3.05) is 5.32 Å². The lowest BCUT2D eigenvalue weighted by Crippen LogP contribution is -2.26. The molecule has 2 aromatic rings. The lowest BCUT2D eigenvalue weighted by molar-refractivity contribution is 0.0946. The van der Waals surface area contributed by atoms with Crippen molar-refractivity contribution in [3.05, 3.63) is 59.9 Å². The first-order valence-electron chi connectivity index (χ1n) is 6.86. The Morgan fingerprint density at radius 2 is 1.81 bits per heavy atom. The number of pyridine rings is 1. The lowest BCUT2D eigenvalue weighted by atomic mass is 10.2. The van der Waals surface area contributed by atoms with Crippen molar-refractivity contribution in [1.29, 1.82) is 0 Å². The second-order valence-corrected chi connectivity index (χ2v) is 5.00. The third kappa shape index (κ3) is 3.45. The first kappa shape index (κ1) is 13.3. The average Bonchev–Trinajstić information content (AvgIpc) is 3.32. The molecule has 0 bridgehead atoms. The maximum absolute atomic E-state index is 12.2. The van der Waals surface area contributed by atoms with E-state index in [0.29, 0.717) is 11.3 Å². The summed E-state index contributed by atoms with van der Waals surface area (Å²) in [5, 5.41) is 5.63. The van der Waals surface area contributed by atoms with Gasteiger partial charge in [0, 0.05) is 23.5 Å². The molecule has 0 saturated heterocycles. The Kier molecular flexibility index (Phi) is 3.64.